The molecule has 1 fully saturated rings. The number of carbonyl (C=O) groups is 2. The molecular formula is C18H30N6O3. The van der Waals surface area contributed by atoms with Crippen LogP contribution in [0.25, 0.3) is 0 Å². The minimum atomic E-state index is -0.295. The lowest BCUT2D eigenvalue weighted by molar-refractivity contribution is -0.127. The Labute approximate surface area is 160 Å². The SMILES string of the molecule is CCNC(=O)[C@@H]1C[C@H](NC(=O)COCC)CN1Cc1cnc(N(C)C)nc1. The predicted octanol–water partition coefficient (Wildman–Crippen LogP) is -0.226. The van der Waals surface area contributed by atoms with Crippen LogP contribution in [0.2, 0.25) is 0 Å². The fourth-order valence-corrected chi connectivity index (χ4v) is 3.11. The van der Waals surface area contributed by atoms with Crippen molar-refractivity contribution in [3.05, 3.63) is 18.0 Å². The number of likely N-dealkylation sites (tertiary alicyclic amines) is 1. The van der Waals surface area contributed by atoms with Crippen molar-refractivity contribution in [3.63, 3.8) is 0 Å². The van der Waals surface area contributed by atoms with Crippen LogP contribution in [-0.4, -0.2) is 79.2 Å². The highest BCUT2D eigenvalue weighted by molar-refractivity contribution is 5.82. The summed E-state index contributed by atoms with van der Waals surface area (Å²) in [6.07, 6.45) is 4.12. The van der Waals surface area contributed by atoms with Gasteiger partial charge in [0, 0.05) is 64.3 Å². The fourth-order valence-electron chi connectivity index (χ4n) is 3.11. The third-order valence-electron chi connectivity index (χ3n) is 4.34. The summed E-state index contributed by atoms with van der Waals surface area (Å²) < 4.78 is 5.15. The minimum absolute atomic E-state index is 0.0233. The zero-order valence-corrected chi connectivity index (χ0v) is 16.6. The van der Waals surface area contributed by atoms with Gasteiger partial charge in [0.05, 0.1) is 6.04 Å². The van der Waals surface area contributed by atoms with Crippen molar-refractivity contribution in [2.45, 2.75) is 38.9 Å². The van der Waals surface area contributed by atoms with Crippen molar-refractivity contribution in [3.8, 4) is 0 Å². The Bertz CT molecular complexity index is 622. The highest BCUT2D eigenvalue weighted by atomic mass is 16.5. The van der Waals surface area contributed by atoms with E-state index in [1.54, 1.807) is 12.4 Å². The van der Waals surface area contributed by atoms with Gasteiger partial charge in [-0.25, -0.2) is 9.97 Å². The summed E-state index contributed by atoms with van der Waals surface area (Å²) in [5, 5.41) is 5.84. The molecule has 2 atom stereocenters. The van der Waals surface area contributed by atoms with Gasteiger partial charge in [-0.2, -0.15) is 0 Å². The van der Waals surface area contributed by atoms with Crippen molar-refractivity contribution < 1.29 is 14.3 Å². The van der Waals surface area contributed by atoms with Gasteiger partial charge in [0.2, 0.25) is 17.8 Å². The molecule has 0 spiro atoms. The van der Waals surface area contributed by atoms with Crippen molar-refractivity contribution in [1.82, 2.24) is 25.5 Å². The number of ether oxygens (including phenoxy) is 1. The summed E-state index contributed by atoms with van der Waals surface area (Å²) in [5.74, 6) is 0.461. The second kappa shape index (κ2) is 10.2. The lowest BCUT2D eigenvalue weighted by Gasteiger charge is -2.23. The normalized spacial score (nSPS) is 19.7. The molecule has 0 radical (unpaired) electrons. The van der Waals surface area contributed by atoms with Crippen LogP contribution in [0.4, 0.5) is 5.95 Å². The van der Waals surface area contributed by atoms with Crippen LogP contribution >= 0.6 is 0 Å². The Hall–Kier alpha value is -2.26. The lowest BCUT2D eigenvalue weighted by atomic mass is 10.1. The van der Waals surface area contributed by atoms with Gasteiger partial charge in [0.1, 0.15) is 6.61 Å². The molecule has 150 valence electrons. The molecule has 1 aliphatic heterocycles. The highest BCUT2D eigenvalue weighted by Gasteiger charge is 2.37. The maximum absolute atomic E-state index is 12.5. The summed E-state index contributed by atoms with van der Waals surface area (Å²) in [6, 6.07) is -0.386. The number of likely N-dealkylation sites (N-methyl/N-ethyl adjacent to an activating group) is 1. The quantitative estimate of drug-likeness (QED) is 0.612. The van der Waals surface area contributed by atoms with Crippen molar-refractivity contribution in [2.24, 2.45) is 0 Å². The van der Waals surface area contributed by atoms with Crippen molar-refractivity contribution >= 4 is 17.8 Å². The van der Waals surface area contributed by atoms with Gasteiger partial charge < -0.3 is 20.3 Å². The monoisotopic (exact) mass is 378 g/mol. The van der Waals surface area contributed by atoms with Gasteiger partial charge in [-0.1, -0.05) is 0 Å². The molecule has 0 aromatic carbocycles. The molecule has 1 aromatic rings. The number of rotatable bonds is 9. The van der Waals surface area contributed by atoms with Gasteiger partial charge in [-0.05, 0) is 20.3 Å². The number of amides is 2. The molecule has 9 nitrogen and oxygen atoms in total. The molecule has 0 saturated carbocycles. The number of aromatic nitrogens is 2. The first-order valence-electron chi connectivity index (χ1n) is 9.31. The van der Waals surface area contributed by atoms with Gasteiger partial charge >= 0.3 is 0 Å². The molecule has 2 rings (SSSR count). The van der Waals surface area contributed by atoms with E-state index in [9.17, 15) is 9.59 Å². The Balaban J connectivity index is 2.03. The Kier molecular flexibility index (Phi) is 7.93. The van der Waals surface area contributed by atoms with E-state index in [-0.39, 0.29) is 30.5 Å². The van der Waals surface area contributed by atoms with E-state index < -0.39 is 0 Å². The third kappa shape index (κ3) is 6.14. The van der Waals surface area contributed by atoms with E-state index in [0.29, 0.717) is 38.6 Å². The van der Waals surface area contributed by atoms with E-state index in [1.807, 2.05) is 32.8 Å². The first kappa shape index (κ1) is 21.0. The lowest BCUT2D eigenvalue weighted by Crippen LogP contribution is -2.42. The van der Waals surface area contributed by atoms with Gasteiger partial charge in [-0.15, -0.1) is 0 Å². The summed E-state index contributed by atoms with van der Waals surface area (Å²) in [7, 11) is 3.77. The maximum Gasteiger partial charge on any atom is 0.246 e. The first-order valence-corrected chi connectivity index (χ1v) is 9.31. The zero-order chi connectivity index (χ0) is 19.8. The topological polar surface area (TPSA) is 99.7 Å². The van der Waals surface area contributed by atoms with Gasteiger partial charge in [0.15, 0.2) is 0 Å². The first-order chi connectivity index (χ1) is 12.9. The predicted molar refractivity (Wildman–Crippen MR) is 102 cm³/mol. The standard InChI is InChI=1S/C18H30N6O3/c1-5-19-17(26)15-7-14(22-16(25)12-27-6-2)11-24(15)10-13-8-20-18(21-9-13)23(3)4/h8-9,14-15H,5-7,10-12H2,1-4H3,(H,19,26)(H,22,25)/t14-,15-/m0/s1. The Morgan fingerprint density at radius 2 is 2.00 bits per heavy atom. The molecule has 2 amide bonds. The molecule has 1 aromatic heterocycles. The molecular weight excluding hydrogens is 348 g/mol. The van der Waals surface area contributed by atoms with E-state index in [0.717, 1.165) is 5.56 Å². The second-order valence-corrected chi connectivity index (χ2v) is 6.76. The van der Waals surface area contributed by atoms with E-state index in [1.165, 1.54) is 0 Å². The number of hydrogen-bond donors (Lipinski definition) is 2. The fraction of sp³-hybridized carbons (Fsp3) is 0.667. The van der Waals surface area contributed by atoms with Gasteiger partial charge in [0.25, 0.3) is 0 Å². The Morgan fingerprint density at radius 3 is 2.59 bits per heavy atom. The summed E-state index contributed by atoms with van der Waals surface area (Å²) in [4.78, 5) is 37.0. The average molecular weight is 378 g/mol. The smallest absolute Gasteiger partial charge is 0.246 e. The Morgan fingerprint density at radius 1 is 1.30 bits per heavy atom. The van der Waals surface area contributed by atoms with Crippen LogP contribution in [0.5, 0.6) is 0 Å². The van der Waals surface area contributed by atoms with Crippen LogP contribution in [0.1, 0.15) is 25.8 Å². The molecule has 1 saturated heterocycles. The molecule has 1 aliphatic rings. The van der Waals surface area contributed by atoms with Crippen LogP contribution in [0.3, 0.4) is 0 Å². The van der Waals surface area contributed by atoms with Crippen molar-refractivity contribution in [1.29, 1.82) is 0 Å². The molecule has 27 heavy (non-hydrogen) atoms. The molecule has 0 bridgehead atoms. The van der Waals surface area contributed by atoms with Crippen molar-refractivity contribution in [2.75, 3.05) is 45.3 Å². The maximum atomic E-state index is 12.5. The summed E-state index contributed by atoms with van der Waals surface area (Å²) >= 11 is 0. The highest BCUT2D eigenvalue weighted by Crippen LogP contribution is 2.21. The number of anilines is 1. The van der Waals surface area contributed by atoms with Crippen LogP contribution < -0.4 is 15.5 Å². The average Bonchev–Trinajstić information content (AvgIpc) is 3.02. The zero-order valence-electron chi connectivity index (χ0n) is 16.6. The van der Waals surface area contributed by atoms with E-state index >= 15 is 0 Å². The number of hydrogen-bond acceptors (Lipinski definition) is 7. The molecule has 2 heterocycles. The minimum Gasteiger partial charge on any atom is -0.372 e. The molecule has 0 aliphatic carbocycles. The number of nitrogens with zero attached hydrogens (tertiary/aromatic N) is 4. The van der Waals surface area contributed by atoms with Crippen LogP contribution in [0.15, 0.2) is 12.4 Å². The third-order valence-corrected chi connectivity index (χ3v) is 4.34. The van der Waals surface area contributed by atoms with E-state index in [4.69, 9.17) is 4.74 Å². The van der Waals surface area contributed by atoms with Crippen LogP contribution in [-0.2, 0) is 20.9 Å². The largest absolute Gasteiger partial charge is 0.372 e. The molecule has 2 N–H and O–H groups in total. The number of carbonyl (C=O) groups excluding carboxylic acids is 2. The number of nitrogens with one attached hydrogen (secondary N) is 2. The van der Waals surface area contributed by atoms with E-state index in [2.05, 4.69) is 25.5 Å². The summed E-state index contributed by atoms with van der Waals surface area (Å²) in [5.41, 5.74) is 0.927. The van der Waals surface area contributed by atoms with Gasteiger partial charge in [-0.3, -0.25) is 14.5 Å². The summed E-state index contributed by atoms with van der Waals surface area (Å²) in [6.45, 7) is 5.99. The second-order valence-electron chi connectivity index (χ2n) is 6.76. The molecule has 0 unspecified atom stereocenters. The van der Waals surface area contributed by atoms with Crippen LogP contribution in [0, 0.1) is 0 Å². The molecule has 9 heteroatoms.